The molecule has 11 heteroatoms. The summed E-state index contributed by atoms with van der Waals surface area (Å²) in [6, 6.07) is 11.4. The number of hydrogen-bond acceptors (Lipinski definition) is 6. The van der Waals surface area contributed by atoms with Gasteiger partial charge < -0.3 is 14.9 Å². The van der Waals surface area contributed by atoms with E-state index in [1.54, 1.807) is 42.2 Å². The van der Waals surface area contributed by atoms with E-state index >= 15 is 0 Å². The largest absolute Gasteiger partial charge is 0.487 e. The third-order valence-corrected chi connectivity index (χ3v) is 4.85. The van der Waals surface area contributed by atoms with Crippen LogP contribution in [0.2, 0.25) is 0 Å². The Morgan fingerprint density at radius 3 is 2.36 bits per heavy atom. The Labute approximate surface area is 185 Å². The van der Waals surface area contributed by atoms with E-state index in [0.29, 0.717) is 16.8 Å². The van der Waals surface area contributed by atoms with E-state index < -0.39 is 17.6 Å². The number of amides is 1. The van der Waals surface area contributed by atoms with Crippen molar-refractivity contribution in [1.82, 2.24) is 20.0 Å². The molecule has 0 radical (unpaired) electrons. The van der Waals surface area contributed by atoms with E-state index in [1.807, 2.05) is 0 Å². The van der Waals surface area contributed by atoms with Crippen molar-refractivity contribution < 1.29 is 27.1 Å². The normalized spacial score (nSPS) is 11.5. The van der Waals surface area contributed by atoms with Crippen molar-refractivity contribution in [2.75, 3.05) is 0 Å². The van der Waals surface area contributed by atoms with Crippen molar-refractivity contribution in [2.45, 2.75) is 19.2 Å². The number of carbonyl (C=O) groups excluding carboxylic acids is 1. The Balaban J connectivity index is 1.50. The van der Waals surface area contributed by atoms with Crippen LogP contribution in [0.3, 0.4) is 0 Å². The molecule has 2 aromatic heterocycles. The molecular weight excluding hydrogens is 439 g/mol. The van der Waals surface area contributed by atoms with Gasteiger partial charge in [-0.3, -0.25) is 9.48 Å². The van der Waals surface area contributed by atoms with Gasteiger partial charge in [-0.05, 0) is 42.0 Å². The second-order valence-electron chi connectivity index (χ2n) is 7.19. The molecule has 2 aromatic carbocycles. The van der Waals surface area contributed by atoms with Gasteiger partial charge >= 0.3 is 6.18 Å². The average Bonchev–Trinajstić information content (AvgIpc) is 3.39. The topological polar surface area (TPSA) is 109 Å². The van der Waals surface area contributed by atoms with Crippen LogP contribution < -0.4 is 10.5 Å². The summed E-state index contributed by atoms with van der Waals surface area (Å²) in [6.45, 7) is 0.0245. The lowest BCUT2D eigenvalue weighted by Crippen LogP contribution is -2.13. The summed E-state index contributed by atoms with van der Waals surface area (Å²) in [7, 11) is 1.70. The van der Waals surface area contributed by atoms with Gasteiger partial charge in [-0.25, -0.2) is 0 Å². The molecule has 1 amide bonds. The number of benzene rings is 2. The van der Waals surface area contributed by atoms with Crippen molar-refractivity contribution >= 4 is 5.91 Å². The molecule has 2 N–H and O–H groups in total. The molecule has 0 saturated carbocycles. The number of aromatic nitrogens is 4. The minimum atomic E-state index is -4.41. The highest BCUT2D eigenvalue weighted by Gasteiger charge is 2.30. The minimum absolute atomic E-state index is 0.0245. The van der Waals surface area contributed by atoms with Gasteiger partial charge in [0, 0.05) is 12.6 Å². The quantitative estimate of drug-likeness (QED) is 0.453. The lowest BCUT2D eigenvalue weighted by molar-refractivity contribution is -0.137. The number of nitrogens with zero attached hydrogens (tertiary/aromatic N) is 4. The molecule has 2 heterocycles. The number of rotatable bonds is 7. The van der Waals surface area contributed by atoms with Crippen LogP contribution in [0.15, 0.2) is 59.1 Å². The Bertz CT molecular complexity index is 1260. The zero-order chi connectivity index (χ0) is 23.6. The van der Waals surface area contributed by atoms with Gasteiger partial charge in [0.25, 0.3) is 5.89 Å². The Morgan fingerprint density at radius 1 is 1.06 bits per heavy atom. The van der Waals surface area contributed by atoms with Gasteiger partial charge in [0.05, 0.1) is 29.4 Å². The number of alkyl halides is 3. The van der Waals surface area contributed by atoms with Gasteiger partial charge in [-0.15, -0.1) is 10.2 Å². The lowest BCUT2D eigenvalue weighted by atomic mass is 10.1. The SMILES string of the molecule is Cn1ncc(-c2nnc(-c3ccc(CC(N)=O)cc3)o2)c1COc1ccc(C(F)(F)F)cc1. The fraction of sp³-hybridized carbons (Fsp3) is 0.182. The summed E-state index contributed by atoms with van der Waals surface area (Å²) >= 11 is 0. The summed E-state index contributed by atoms with van der Waals surface area (Å²) in [5.41, 5.74) is 7.01. The van der Waals surface area contributed by atoms with Crippen LogP contribution in [0.4, 0.5) is 13.2 Å². The summed E-state index contributed by atoms with van der Waals surface area (Å²) < 4.78 is 51.2. The average molecular weight is 457 g/mol. The second kappa shape index (κ2) is 8.77. The van der Waals surface area contributed by atoms with Crippen LogP contribution in [0.1, 0.15) is 16.8 Å². The molecule has 33 heavy (non-hydrogen) atoms. The summed E-state index contributed by atoms with van der Waals surface area (Å²) in [5, 5.41) is 12.3. The highest BCUT2D eigenvalue weighted by molar-refractivity contribution is 5.76. The molecule has 8 nitrogen and oxygen atoms in total. The number of ether oxygens (including phenoxy) is 1. The predicted octanol–water partition coefficient (Wildman–Crippen LogP) is 3.76. The number of hydrogen-bond donors (Lipinski definition) is 1. The van der Waals surface area contributed by atoms with Crippen LogP contribution in [-0.4, -0.2) is 25.9 Å². The van der Waals surface area contributed by atoms with E-state index in [0.717, 1.165) is 17.7 Å². The molecule has 0 atom stereocenters. The van der Waals surface area contributed by atoms with Crippen molar-refractivity contribution in [3.05, 3.63) is 71.5 Å². The fourth-order valence-electron chi connectivity index (χ4n) is 3.12. The summed E-state index contributed by atoms with van der Waals surface area (Å²) in [6.07, 6.45) is -2.74. The van der Waals surface area contributed by atoms with Gasteiger partial charge in [0.15, 0.2) is 0 Å². The van der Waals surface area contributed by atoms with Gasteiger partial charge in [-0.1, -0.05) is 12.1 Å². The number of halogens is 3. The first kappa shape index (κ1) is 22.1. The zero-order valence-corrected chi connectivity index (χ0v) is 17.3. The van der Waals surface area contributed by atoms with E-state index in [-0.39, 0.29) is 30.6 Å². The Hall–Kier alpha value is -4.15. The van der Waals surface area contributed by atoms with E-state index in [2.05, 4.69) is 15.3 Å². The third-order valence-electron chi connectivity index (χ3n) is 4.85. The highest BCUT2D eigenvalue weighted by Crippen LogP contribution is 2.31. The maximum atomic E-state index is 12.7. The van der Waals surface area contributed by atoms with Crippen LogP contribution in [0, 0.1) is 0 Å². The minimum Gasteiger partial charge on any atom is -0.487 e. The van der Waals surface area contributed by atoms with Gasteiger partial charge in [0.2, 0.25) is 11.8 Å². The van der Waals surface area contributed by atoms with Gasteiger partial charge in [-0.2, -0.15) is 18.3 Å². The number of carbonyl (C=O) groups is 1. The number of primary amides is 1. The van der Waals surface area contributed by atoms with Crippen molar-refractivity contribution in [2.24, 2.45) is 12.8 Å². The first-order chi connectivity index (χ1) is 15.7. The molecule has 0 unspecified atom stereocenters. The Morgan fingerprint density at radius 2 is 1.73 bits per heavy atom. The van der Waals surface area contributed by atoms with E-state index in [4.69, 9.17) is 14.9 Å². The summed E-state index contributed by atoms with van der Waals surface area (Å²) in [5.74, 6) is 0.335. The molecule has 0 aliphatic carbocycles. The first-order valence-electron chi connectivity index (χ1n) is 9.73. The molecule has 4 rings (SSSR count). The standard InChI is InChI=1S/C22H18F3N5O3/c1-30-18(12-32-16-8-6-15(7-9-16)22(23,24)25)17(11-27-30)21-29-28-20(33-21)14-4-2-13(3-5-14)10-19(26)31/h2-9,11H,10,12H2,1H3,(H2,26,31). The van der Waals surface area contributed by atoms with Crippen LogP contribution >= 0.6 is 0 Å². The Kier molecular flexibility index (Phi) is 5.86. The van der Waals surface area contributed by atoms with Crippen LogP contribution in [0.5, 0.6) is 5.75 Å². The number of aryl methyl sites for hydroxylation is 1. The molecule has 0 aliphatic rings. The molecular formula is C22H18F3N5O3. The molecule has 0 fully saturated rings. The monoisotopic (exact) mass is 457 g/mol. The maximum absolute atomic E-state index is 12.7. The molecule has 0 saturated heterocycles. The van der Waals surface area contributed by atoms with Gasteiger partial charge in [0.1, 0.15) is 12.4 Å². The summed E-state index contributed by atoms with van der Waals surface area (Å²) in [4.78, 5) is 11.0. The molecule has 0 bridgehead atoms. The van der Waals surface area contributed by atoms with E-state index in [1.165, 1.54) is 12.1 Å². The highest BCUT2D eigenvalue weighted by atomic mass is 19.4. The molecule has 0 spiro atoms. The maximum Gasteiger partial charge on any atom is 0.416 e. The van der Waals surface area contributed by atoms with Crippen LogP contribution in [-0.2, 0) is 31.0 Å². The van der Waals surface area contributed by atoms with Crippen molar-refractivity contribution in [3.63, 3.8) is 0 Å². The molecule has 0 aliphatic heterocycles. The van der Waals surface area contributed by atoms with Crippen molar-refractivity contribution in [1.29, 1.82) is 0 Å². The molecule has 4 aromatic rings. The first-order valence-corrected chi connectivity index (χ1v) is 9.73. The fourth-order valence-corrected chi connectivity index (χ4v) is 3.12. The third kappa shape index (κ3) is 5.03. The number of nitrogens with two attached hydrogens (primary N) is 1. The second-order valence-corrected chi connectivity index (χ2v) is 7.19. The predicted molar refractivity (Wildman–Crippen MR) is 111 cm³/mol. The lowest BCUT2D eigenvalue weighted by Gasteiger charge is -2.10. The van der Waals surface area contributed by atoms with Crippen molar-refractivity contribution in [3.8, 4) is 28.7 Å². The zero-order valence-electron chi connectivity index (χ0n) is 17.3. The van der Waals surface area contributed by atoms with E-state index in [9.17, 15) is 18.0 Å². The smallest absolute Gasteiger partial charge is 0.416 e. The van der Waals surface area contributed by atoms with Crippen LogP contribution in [0.25, 0.3) is 22.9 Å². The molecule has 170 valence electrons.